The predicted octanol–water partition coefficient (Wildman–Crippen LogP) is 3.43. The maximum Gasteiger partial charge on any atom is 0.224 e. The van der Waals surface area contributed by atoms with Crippen molar-refractivity contribution >= 4 is 40.7 Å². The molecule has 0 radical (unpaired) electrons. The monoisotopic (exact) mass is 448 g/mol. The van der Waals surface area contributed by atoms with E-state index in [4.69, 9.17) is 33.7 Å². The molecule has 0 spiro atoms. The number of amides is 1. The number of carbonyl (C=O) groups is 1. The molecule has 0 bridgehead atoms. The summed E-state index contributed by atoms with van der Waals surface area (Å²) in [4.78, 5) is 20.0. The van der Waals surface area contributed by atoms with E-state index >= 15 is 0 Å². The van der Waals surface area contributed by atoms with Gasteiger partial charge in [-0.15, -0.1) is 0 Å². The number of anilines is 1. The van der Waals surface area contributed by atoms with E-state index in [1.165, 1.54) is 10.8 Å². The number of unbranched alkanes of at least 4 members (excludes halogenated alkanes) is 1. The molecule has 3 N–H and O–H groups in total. The number of benzene rings is 1. The van der Waals surface area contributed by atoms with E-state index in [1.807, 2.05) is 0 Å². The molecule has 1 fully saturated rings. The van der Waals surface area contributed by atoms with Gasteiger partial charge in [-0.3, -0.25) is 4.79 Å². The summed E-state index contributed by atoms with van der Waals surface area (Å²) in [5, 5.41) is 8.10. The quantitative estimate of drug-likeness (QED) is 0.485. The number of hydrogen-bond donors (Lipinski definition) is 2. The van der Waals surface area contributed by atoms with Gasteiger partial charge in [0.1, 0.15) is 12.1 Å². The lowest BCUT2D eigenvalue weighted by Gasteiger charge is -2.14. The number of hydrogen-bond acceptors (Lipinski definition) is 6. The second-order valence-electron chi connectivity index (χ2n) is 7.30. The van der Waals surface area contributed by atoms with Crippen LogP contribution in [0, 0.1) is 0 Å². The Balaban J connectivity index is 1.41. The van der Waals surface area contributed by atoms with Crippen molar-refractivity contribution in [2.24, 2.45) is 0 Å². The van der Waals surface area contributed by atoms with Crippen LogP contribution in [0.3, 0.4) is 0 Å². The zero-order chi connectivity index (χ0) is 21.1. The first-order valence-corrected chi connectivity index (χ1v) is 10.6. The molecule has 1 saturated carbocycles. The van der Waals surface area contributed by atoms with Crippen molar-refractivity contribution in [3.63, 3.8) is 0 Å². The first-order valence-electron chi connectivity index (χ1n) is 9.85. The van der Waals surface area contributed by atoms with Crippen molar-refractivity contribution in [1.29, 1.82) is 0 Å². The molecular weight excluding hydrogens is 427 g/mol. The smallest absolute Gasteiger partial charge is 0.224 e. The highest BCUT2D eigenvalue weighted by Crippen LogP contribution is 2.35. The van der Waals surface area contributed by atoms with Gasteiger partial charge in [0.25, 0.3) is 0 Å². The first kappa shape index (κ1) is 20.7. The van der Waals surface area contributed by atoms with E-state index in [0.29, 0.717) is 46.9 Å². The maximum absolute atomic E-state index is 11.8. The lowest BCUT2D eigenvalue weighted by Crippen LogP contribution is -2.24. The second kappa shape index (κ2) is 9.06. The molecular formula is C20H22Cl2N6O2. The van der Waals surface area contributed by atoms with Gasteiger partial charge >= 0.3 is 0 Å². The van der Waals surface area contributed by atoms with Crippen LogP contribution in [0.4, 0.5) is 5.95 Å². The molecule has 1 aliphatic carbocycles. The summed E-state index contributed by atoms with van der Waals surface area (Å²) in [6, 6.07) is 3.91. The van der Waals surface area contributed by atoms with Crippen molar-refractivity contribution in [2.45, 2.75) is 44.6 Å². The van der Waals surface area contributed by atoms with Crippen LogP contribution in [0.2, 0.25) is 10.0 Å². The van der Waals surface area contributed by atoms with Crippen LogP contribution in [0.15, 0.2) is 24.7 Å². The summed E-state index contributed by atoms with van der Waals surface area (Å²) in [6.07, 6.45) is 7.74. The molecule has 1 amide bonds. The molecule has 30 heavy (non-hydrogen) atoms. The first-order chi connectivity index (χ1) is 14.5. The minimum Gasteiger partial charge on any atom is -0.493 e. The third kappa shape index (κ3) is 4.76. The minimum atomic E-state index is 0.113. The Hall–Kier alpha value is -2.58. The largest absolute Gasteiger partial charge is 0.493 e. The molecule has 2 heterocycles. The van der Waals surface area contributed by atoms with Crippen molar-refractivity contribution in [2.75, 3.05) is 12.3 Å². The summed E-state index contributed by atoms with van der Waals surface area (Å²) in [7, 11) is 0. The highest BCUT2D eigenvalue weighted by molar-refractivity contribution is 6.42. The van der Waals surface area contributed by atoms with Gasteiger partial charge in [0, 0.05) is 30.0 Å². The molecule has 8 nitrogen and oxygen atoms in total. The number of nitrogens with two attached hydrogens (primary N) is 1. The minimum absolute atomic E-state index is 0.113. The van der Waals surface area contributed by atoms with E-state index in [0.717, 1.165) is 36.8 Å². The predicted molar refractivity (Wildman–Crippen MR) is 115 cm³/mol. The Morgan fingerprint density at radius 2 is 2.10 bits per heavy atom. The van der Waals surface area contributed by atoms with E-state index in [-0.39, 0.29) is 11.9 Å². The highest BCUT2D eigenvalue weighted by atomic mass is 35.5. The number of rotatable bonds is 9. The molecule has 1 aliphatic rings. The van der Waals surface area contributed by atoms with Crippen LogP contribution in [0.25, 0.3) is 5.65 Å². The Labute approximate surface area is 183 Å². The number of aromatic nitrogens is 4. The fourth-order valence-corrected chi connectivity index (χ4v) is 3.57. The summed E-state index contributed by atoms with van der Waals surface area (Å²) in [5.74, 6) is 1.01. The number of nitrogens with one attached hydrogen (secondary N) is 1. The number of ether oxygens (including phenoxy) is 1. The highest BCUT2D eigenvalue weighted by Gasteiger charge is 2.22. The van der Waals surface area contributed by atoms with Crippen LogP contribution < -0.4 is 15.8 Å². The summed E-state index contributed by atoms with van der Waals surface area (Å²) in [5.41, 5.74) is 8.03. The number of halogens is 2. The van der Waals surface area contributed by atoms with Gasteiger partial charge in [-0.2, -0.15) is 9.61 Å². The third-order valence-electron chi connectivity index (χ3n) is 4.92. The van der Waals surface area contributed by atoms with Crippen LogP contribution in [0.5, 0.6) is 5.75 Å². The normalized spacial score (nSPS) is 13.5. The molecule has 3 aromatic rings. The van der Waals surface area contributed by atoms with Crippen molar-refractivity contribution in [3.8, 4) is 5.75 Å². The molecule has 0 atom stereocenters. The number of nitrogens with zero attached hydrogens (tertiary/aromatic N) is 4. The molecule has 0 unspecified atom stereocenters. The molecule has 0 saturated heterocycles. The zero-order valence-corrected chi connectivity index (χ0v) is 17.8. The van der Waals surface area contributed by atoms with Crippen LogP contribution in [-0.2, 0) is 11.2 Å². The zero-order valence-electron chi connectivity index (χ0n) is 16.3. The molecule has 0 aliphatic heterocycles. The van der Waals surface area contributed by atoms with E-state index in [2.05, 4.69) is 20.4 Å². The summed E-state index contributed by atoms with van der Waals surface area (Å²) in [6.45, 7) is 0.478. The van der Waals surface area contributed by atoms with E-state index in [1.54, 1.807) is 18.3 Å². The van der Waals surface area contributed by atoms with Crippen molar-refractivity contribution in [1.82, 2.24) is 24.9 Å². The lowest BCUT2D eigenvalue weighted by molar-refractivity contribution is -0.121. The maximum atomic E-state index is 11.8. The van der Waals surface area contributed by atoms with Gasteiger partial charge in [0.2, 0.25) is 11.9 Å². The van der Waals surface area contributed by atoms with Crippen LogP contribution in [-0.4, -0.2) is 38.1 Å². The van der Waals surface area contributed by atoms with E-state index in [9.17, 15) is 4.79 Å². The van der Waals surface area contributed by atoms with Gasteiger partial charge in [-0.05, 0) is 37.8 Å². The Morgan fingerprint density at radius 3 is 2.90 bits per heavy atom. The van der Waals surface area contributed by atoms with Gasteiger partial charge in [-0.1, -0.05) is 23.2 Å². The third-order valence-corrected chi connectivity index (χ3v) is 5.77. The fourth-order valence-electron chi connectivity index (χ4n) is 3.17. The van der Waals surface area contributed by atoms with Crippen molar-refractivity contribution < 1.29 is 9.53 Å². The average Bonchev–Trinajstić information content (AvgIpc) is 3.44. The topological polar surface area (TPSA) is 107 Å². The Kier molecular flexibility index (Phi) is 6.24. The average molecular weight is 449 g/mol. The van der Waals surface area contributed by atoms with Gasteiger partial charge in [0.15, 0.2) is 5.65 Å². The van der Waals surface area contributed by atoms with Gasteiger partial charge in [-0.25, -0.2) is 9.97 Å². The second-order valence-corrected chi connectivity index (χ2v) is 8.08. The van der Waals surface area contributed by atoms with Crippen LogP contribution in [0.1, 0.15) is 43.2 Å². The molecule has 10 heteroatoms. The Bertz CT molecular complexity index is 1070. The fraction of sp³-hybridized carbons (Fsp3) is 0.400. The number of fused-ring (bicyclic) bond motifs is 1. The molecule has 158 valence electrons. The molecule has 1 aromatic carbocycles. The molecule has 4 rings (SSSR count). The Morgan fingerprint density at radius 1 is 1.27 bits per heavy atom. The van der Waals surface area contributed by atoms with E-state index < -0.39 is 0 Å². The standard InChI is InChI=1S/C20H22Cl2N6O2/c21-15-6-7-16(30-8-2-1-3-17(29)27-13-4-5-13)14(18(15)22)9-12-10-26-28-19(12)24-11-25-20(28)23/h6-7,10-11,13H,1-5,8-9H2,(H,27,29)(H2,23,24,25). The summed E-state index contributed by atoms with van der Waals surface area (Å²) >= 11 is 12.7. The SMILES string of the molecule is Nc1ncnc2c(Cc3c(OCCCCC(=O)NC4CC4)ccc(Cl)c3Cl)cnn12. The summed E-state index contributed by atoms with van der Waals surface area (Å²) < 4.78 is 7.45. The van der Waals surface area contributed by atoms with Crippen LogP contribution >= 0.6 is 23.2 Å². The van der Waals surface area contributed by atoms with Gasteiger partial charge < -0.3 is 15.8 Å². The van der Waals surface area contributed by atoms with Gasteiger partial charge in [0.05, 0.1) is 22.8 Å². The number of carbonyl (C=O) groups excluding carboxylic acids is 1. The number of nitrogen functional groups attached to an aromatic ring is 1. The lowest BCUT2D eigenvalue weighted by atomic mass is 10.1. The van der Waals surface area contributed by atoms with Crippen molar-refractivity contribution in [3.05, 3.63) is 45.8 Å². The molecule has 2 aromatic heterocycles.